The summed E-state index contributed by atoms with van der Waals surface area (Å²) in [5.41, 5.74) is 0.321. The second kappa shape index (κ2) is 5.58. The lowest BCUT2D eigenvalue weighted by Crippen LogP contribution is -2.63. The van der Waals surface area contributed by atoms with E-state index in [0.717, 1.165) is 17.9 Å². The number of rotatable bonds is 4. The second-order valence-corrected chi connectivity index (χ2v) is 5.37. The van der Waals surface area contributed by atoms with Crippen LogP contribution in [0.2, 0.25) is 0 Å². The molecule has 0 saturated carbocycles. The van der Waals surface area contributed by atoms with Crippen molar-refractivity contribution in [2.45, 2.75) is 32.9 Å². The van der Waals surface area contributed by atoms with E-state index in [1.165, 1.54) is 0 Å². The number of nitrogens with zero attached hydrogens (tertiary/aromatic N) is 2. The van der Waals surface area contributed by atoms with Gasteiger partial charge in [0.2, 0.25) is 11.8 Å². The number of imide groups is 1. The van der Waals surface area contributed by atoms with Crippen molar-refractivity contribution in [1.29, 1.82) is 0 Å². The first-order valence-corrected chi connectivity index (χ1v) is 6.71. The van der Waals surface area contributed by atoms with E-state index in [2.05, 4.69) is 15.6 Å². The average molecular weight is 276 g/mol. The number of hydrogen-bond donors (Lipinski definition) is 2. The Hall–Kier alpha value is -1.95. The lowest BCUT2D eigenvalue weighted by Gasteiger charge is -2.40. The summed E-state index contributed by atoms with van der Waals surface area (Å²) in [7, 11) is 0. The summed E-state index contributed by atoms with van der Waals surface area (Å²) in [6.07, 6.45) is 1.73. The van der Waals surface area contributed by atoms with Gasteiger partial charge in [0.25, 0.3) is 0 Å². The lowest BCUT2D eigenvalue weighted by molar-refractivity contribution is -0.145. The smallest absolute Gasteiger partial charge is 0.246 e. The van der Waals surface area contributed by atoms with Crippen LogP contribution in [0.1, 0.15) is 26.3 Å². The molecule has 0 unspecified atom stereocenters. The monoisotopic (exact) mass is 276 g/mol. The fraction of sp³-hybridized carbons (Fsp3) is 0.500. The highest BCUT2D eigenvalue weighted by molar-refractivity contribution is 6.02. The van der Waals surface area contributed by atoms with Crippen molar-refractivity contribution in [2.75, 3.05) is 18.4 Å². The van der Waals surface area contributed by atoms with Gasteiger partial charge in [-0.3, -0.25) is 19.8 Å². The molecule has 6 heteroatoms. The largest absolute Gasteiger partial charge is 0.370 e. The zero-order valence-electron chi connectivity index (χ0n) is 12.1. The SMILES string of the molecule is CCNc1cc(CN2CC(=O)NC(=O)C2(C)C)ccn1. The molecule has 0 aromatic carbocycles. The number of carbonyl (C=O) groups is 2. The Balaban J connectivity index is 2.17. The number of nitrogens with one attached hydrogen (secondary N) is 2. The molecule has 1 saturated heterocycles. The molecule has 0 radical (unpaired) electrons. The topological polar surface area (TPSA) is 74.3 Å². The molecule has 108 valence electrons. The van der Waals surface area contributed by atoms with Crippen LogP contribution >= 0.6 is 0 Å². The molecule has 0 atom stereocenters. The van der Waals surface area contributed by atoms with Crippen LogP contribution in [0, 0.1) is 0 Å². The normalized spacial score (nSPS) is 18.8. The van der Waals surface area contributed by atoms with Gasteiger partial charge in [-0.25, -0.2) is 4.98 Å². The Morgan fingerprint density at radius 3 is 2.90 bits per heavy atom. The van der Waals surface area contributed by atoms with Crippen molar-refractivity contribution >= 4 is 17.6 Å². The van der Waals surface area contributed by atoms with Gasteiger partial charge in [-0.15, -0.1) is 0 Å². The molecule has 1 aromatic rings. The highest BCUT2D eigenvalue weighted by Crippen LogP contribution is 2.21. The zero-order valence-corrected chi connectivity index (χ0v) is 12.1. The van der Waals surface area contributed by atoms with Crippen molar-refractivity contribution in [3.05, 3.63) is 23.9 Å². The maximum atomic E-state index is 11.9. The fourth-order valence-corrected chi connectivity index (χ4v) is 2.16. The van der Waals surface area contributed by atoms with E-state index in [9.17, 15) is 9.59 Å². The van der Waals surface area contributed by atoms with E-state index in [1.807, 2.05) is 37.8 Å². The third-order valence-electron chi connectivity index (χ3n) is 3.49. The van der Waals surface area contributed by atoms with Gasteiger partial charge in [-0.1, -0.05) is 0 Å². The van der Waals surface area contributed by atoms with E-state index in [-0.39, 0.29) is 18.4 Å². The zero-order chi connectivity index (χ0) is 14.8. The number of hydrogen-bond acceptors (Lipinski definition) is 5. The van der Waals surface area contributed by atoms with Crippen molar-refractivity contribution in [1.82, 2.24) is 15.2 Å². The Morgan fingerprint density at radius 2 is 2.20 bits per heavy atom. The predicted molar refractivity (Wildman–Crippen MR) is 76.0 cm³/mol. The third kappa shape index (κ3) is 2.96. The van der Waals surface area contributed by atoms with E-state index in [4.69, 9.17) is 0 Å². The van der Waals surface area contributed by atoms with Crippen LogP contribution in [0.5, 0.6) is 0 Å². The molecule has 0 bridgehead atoms. The second-order valence-electron chi connectivity index (χ2n) is 5.37. The Morgan fingerprint density at radius 1 is 1.45 bits per heavy atom. The van der Waals surface area contributed by atoms with Crippen LogP contribution < -0.4 is 10.6 Å². The molecule has 2 heterocycles. The number of piperazine rings is 1. The van der Waals surface area contributed by atoms with E-state index >= 15 is 0 Å². The van der Waals surface area contributed by atoms with Gasteiger partial charge < -0.3 is 5.32 Å². The summed E-state index contributed by atoms with van der Waals surface area (Å²) in [6.45, 7) is 7.20. The van der Waals surface area contributed by atoms with E-state index < -0.39 is 5.54 Å². The lowest BCUT2D eigenvalue weighted by atomic mass is 9.98. The summed E-state index contributed by atoms with van der Waals surface area (Å²) in [5, 5.41) is 5.52. The first-order chi connectivity index (χ1) is 9.43. The number of amides is 2. The summed E-state index contributed by atoms with van der Waals surface area (Å²) in [4.78, 5) is 29.5. The summed E-state index contributed by atoms with van der Waals surface area (Å²) in [6, 6.07) is 3.84. The minimum absolute atomic E-state index is 0.220. The van der Waals surface area contributed by atoms with Gasteiger partial charge in [0, 0.05) is 19.3 Å². The highest BCUT2D eigenvalue weighted by atomic mass is 16.2. The number of anilines is 1. The maximum Gasteiger partial charge on any atom is 0.246 e. The molecule has 2 N–H and O–H groups in total. The third-order valence-corrected chi connectivity index (χ3v) is 3.49. The van der Waals surface area contributed by atoms with Gasteiger partial charge in [0.15, 0.2) is 0 Å². The molecular formula is C14H20N4O2. The van der Waals surface area contributed by atoms with Gasteiger partial charge in [-0.05, 0) is 38.5 Å². The molecule has 6 nitrogen and oxygen atoms in total. The molecule has 20 heavy (non-hydrogen) atoms. The van der Waals surface area contributed by atoms with Crippen LogP contribution in [0.25, 0.3) is 0 Å². The quantitative estimate of drug-likeness (QED) is 0.794. The molecule has 1 fully saturated rings. The minimum Gasteiger partial charge on any atom is -0.370 e. The number of carbonyl (C=O) groups excluding carboxylic acids is 2. The van der Waals surface area contributed by atoms with Gasteiger partial charge in [0.1, 0.15) is 5.82 Å². The van der Waals surface area contributed by atoms with Crippen LogP contribution in [-0.2, 0) is 16.1 Å². The Kier molecular flexibility index (Phi) is 4.04. The van der Waals surface area contributed by atoms with Gasteiger partial charge in [-0.2, -0.15) is 0 Å². The number of aromatic nitrogens is 1. The Labute approximate surface area is 118 Å². The van der Waals surface area contributed by atoms with E-state index in [1.54, 1.807) is 6.20 Å². The van der Waals surface area contributed by atoms with Crippen LogP contribution in [0.4, 0.5) is 5.82 Å². The Bertz CT molecular complexity index is 528. The molecule has 2 rings (SSSR count). The molecular weight excluding hydrogens is 256 g/mol. The molecule has 2 amide bonds. The average Bonchev–Trinajstić information content (AvgIpc) is 2.37. The highest BCUT2D eigenvalue weighted by Gasteiger charge is 2.40. The molecule has 0 aliphatic carbocycles. The first kappa shape index (κ1) is 14.5. The summed E-state index contributed by atoms with van der Waals surface area (Å²) in [5.74, 6) is 0.292. The van der Waals surface area contributed by atoms with E-state index in [0.29, 0.717) is 6.54 Å². The summed E-state index contributed by atoms with van der Waals surface area (Å²) < 4.78 is 0. The van der Waals surface area contributed by atoms with Gasteiger partial charge in [0.05, 0.1) is 12.1 Å². The minimum atomic E-state index is -0.699. The van der Waals surface area contributed by atoms with Crippen molar-refractivity contribution in [3.8, 4) is 0 Å². The molecule has 1 aliphatic rings. The van der Waals surface area contributed by atoms with Crippen molar-refractivity contribution in [3.63, 3.8) is 0 Å². The van der Waals surface area contributed by atoms with Crippen LogP contribution in [0.15, 0.2) is 18.3 Å². The van der Waals surface area contributed by atoms with Gasteiger partial charge >= 0.3 is 0 Å². The molecule has 1 aliphatic heterocycles. The fourth-order valence-electron chi connectivity index (χ4n) is 2.16. The number of pyridine rings is 1. The standard InChI is InChI=1S/C14H20N4O2/c1-4-15-11-7-10(5-6-16-11)8-18-9-12(19)17-13(20)14(18,2)3/h5-7H,4,8-9H2,1-3H3,(H,15,16)(H,17,19,20). The summed E-state index contributed by atoms with van der Waals surface area (Å²) >= 11 is 0. The predicted octanol–water partition coefficient (Wildman–Crippen LogP) is 0.750. The maximum absolute atomic E-state index is 11.9. The molecule has 0 spiro atoms. The van der Waals surface area contributed by atoms with Crippen molar-refractivity contribution in [2.24, 2.45) is 0 Å². The van der Waals surface area contributed by atoms with Crippen LogP contribution in [-0.4, -0.2) is 40.3 Å². The molecule has 1 aromatic heterocycles. The first-order valence-electron chi connectivity index (χ1n) is 6.71. The van der Waals surface area contributed by atoms with Crippen LogP contribution in [0.3, 0.4) is 0 Å². The van der Waals surface area contributed by atoms with Crippen molar-refractivity contribution < 1.29 is 9.59 Å².